The number of hydrogen-bond acceptors (Lipinski definition) is 6. The third kappa shape index (κ3) is 6.48. The molecule has 3 aromatic carbocycles. The predicted molar refractivity (Wildman–Crippen MR) is 125 cm³/mol. The van der Waals surface area contributed by atoms with Crippen LogP contribution in [0.3, 0.4) is 0 Å². The summed E-state index contributed by atoms with van der Waals surface area (Å²) in [6.07, 6.45) is 1.03. The molecule has 0 saturated heterocycles. The van der Waals surface area contributed by atoms with E-state index in [2.05, 4.69) is 16.1 Å². The third-order valence-electron chi connectivity index (χ3n) is 4.57. The molecule has 3 aromatic rings. The van der Waals surface area contributed by atoms with Crippen molar-refractivity contribution >= 4 is 27.3 Å². The predicted octanol–water partition coefficient (Wildman–Crippen LogP) is 4.43. The van der Waals surface area contributed by atoms with Crippen molar-refractivity contribution in [1.82, 2.24) is 0 Å². The highest BCUT2D eigenvalue weighted by Crippen LogP contribution is 2.26. The summed E-state index contributed by atoms with van der Waals surface area (Å²) in [5, 5.41) is 11.3. The van der Waals surface area contributed by atoms with Gasteiger partial charge in [-0.1, -0.05) is 18.2 Å². The molecule has 0 heterocycles. The highest BCUT2D eigenvalue weighted by Gasteiger charge is 2.17. The molecule has 2 N–H and O–H groups in total. The molecule has 0 aromatic heterocycles. The van der Waals surface area contributed by atoms with Crippen molar-refractivity contribution in [3.63, 3.8) is 0 Å². The highest BCUT2D eigenvalue weighted by atomic mass is 32.2. The van der Waals surface area contributed by atoms with Crippen molar-refractivity contribution < 1.29 is 22.7 Å². The van der Waals surface area contributed by atoms with E-state index >= 15 is 0 Å². The maximum atomic E-state index is 12.7. The number of ether oxygens (including phenoxy) is 2. The lowest BCUT2D eigenvalue weighted by molar-refractivity contribution is 0.102. The molecule has 3 rings (SSSR count). The number of rotatable bonds is 10. The SMILES string of the molecule is COc1ccccc1NS(=O)(=O)c1ccc(C(=O)Nc2cccc(OCCCC#N)c2)cc1. The molecule has 0 spiro atoms. The monoisotopic (exact) mass is 465 g/mol. The number of nitrogens with zero attached hydrogens (tertiary/aromatic N) is 1. The number of methoxy groups -OCH3 is 1. The summed E-state index contributed by atoms with van der Waals surface area (Å²) >= 11 is 0. The van der Waals surface area contributed by atoms with Gasteiger partial charge in [-0.25, -0.2) is 8.42 Å². The third-order valence-corrected chi connectivity index (χ3v) is 5.95. The molecule has 0 unspecified atom stereocenters. The Bertz CT molecular complexity index is 1250. The minimum Gasteiger partial charge on any atom is -0.495 e. The van der Waals surface area contributed by atoms with Crippen LogP contribution < -0.4 is 19.5 Å². The second kappa shape index (κ2) is 11.0. The Balaban J connectivity index is 1.66. The van der Waals surface area contributed by atoms with E-state index in [9.17, 15) is 13.2 Å². The van der Waals surface area contributed by atoms with Crippen LogP contribution in [0.4, 0.5) is 11.4 Å². The molecule has 8 nitrogen and oxygen atoms in total. The quantitative estimate of drug-likeness (QED) is 0.428. The number of carbonyl (C=O) groups excluding carboxylic acids is 1. The van der Waals surface area contributed by atoms with E-state index in [0.29, 0.717) is 47.9 Å². The molecule has 0 saturated carbocycles. The lowest BCUT2D eigenvalue weighted by Crippen LogP contribution is -2.15. The van der Waals surface area contributed by atoms with E-state index in [4.69, 9.17) is 14.7 Å². The molecule has 0 bridgehead atoms. The van der Waals surface area contributed by atoms with Gasteiger partial charge in [0.15, 0.2) is 0 Å². The standard InChI is InChI=1S/C24H23N3O5S/c1-31-23-10-3-2-9-22(23)27-33(29,30)21-13-11-18(12-14-21)24(28)26-19-7-6-8-20(17-19)32-16-5-4-15-25/h2-3,6-14,17,27H,4-5,16H2,1H3,(H,26,28). The van der Waals surface area contributed by atoms with Gasteiger partial charge in [0.1, 0.15) is 11.5 Å². The number of hydrogen-bond donors (Lipinski definition) is 2. The summed E-state index contributed by atoms with van der Waals surface area (Å²) in [6, 6.07) is 21.2. The first kappa shape index (κ1) is 23.6. The first-order valence-corrected chi connectivity index (χ1v) is 11.6. The fourth-order valence-corrected chi connectivity index (χ4v) is 4.00. The maximum Gasteiger partial charge on any atom is 0.262 e. The molecular formula is C24H23N3O5S. The molecule has 0 atom stereocenters. The molecular weight excluding hydrogens is 442 g/mol. The van der Waals surface area contributed by atoms with Crippen molar-refractivity contribution in [1.29, 1.82) is 5.26 Å². The summed E-state index contributed by atoms with van der Waals surface area (Å²) < 4.78 is 38.6. The Labute approximate surface area is 192 Å². The van der Waals surface area contributed by atoms with Gasteiger partial charge in [0.2, 0.25) is 0 Å². The number of amides is 1. The number of para-hydroxylation sites is 2. The van der Waals surface area contributed by atoms with Gasteiger partial charge in [-0.05, 0) is 55.0 Å². The van der Waals surface area contributed by atoms with E-state index in [0.717, 1.165) is 0 Å². The molecule has 9 heteroatoms. The van der Waals surface area contributed by atoms with Crippen molar-refractivity contribution in [2.75, 3.05) is 23.8 Å². The Morgan fingerprint density at radius 1 is 1.03 bits per heavy atom. The van der Waals surface area contributed by atoms with Crippen LogP contribution in [0.5, 0.6) is 11.5 Å². The fourth-order valence-electron chi connectivity index (χ4n) is 2.93. The van der Waals surface area contributed by atoms with Gasteiger partial charge in [-0.3, -0.25) is 9.52 Å². The topological polar surface area (TPSA) is 118 Å². The summed E-state index contributed by atoms with van der Waals surface area (Å²) in [6.45, 7) is 0.407. The highest BCUT2D eigenvalue weighted by molar-refractivity contribution is 7.92. The maximum absolute atomic E-state index is 12.7. The second-order valence-corrected chi connectivity index (χ2v) is 8.60. The number of anilines is 2. The zero-order valence-electron chi connectivity index (χ0n) is 17.9. The average Bonchev–Trinajstić information content (AvgIpc) is 2.82. The van der Waals surface area contributed by atoms with Crippen LogP contribution in [-0.2, 0) is 10.0 Å². The zero-order chi connectivity index (χ0) is 23.7. The normalized spacial score (nSPS) is 10.7. The molecule has 0 radical (unpaired) electrons. The van der Waals surface area contributed by atoms with Gasteiger partial charge in [0.05, 0.1) is 30.4 Å². The van der Waals surface area contributed by atoms with Crippen LogP contribution in [0.1, 0.15) is 23.2 Å². The zero-order valence-corrected chi connectivity index (χ0v) is 18.8. The molecule has 170 valence electrons. The molecule has 0 aliphatic carbocycles. The molecule has 33 heavy (non-hydrogen) atoms. The van der Waals surface area contributed by atoms with Crippen LogP contribution in [0.2, 0.25) is 0 Å². The van der Waals surface area contributed by atoms with Crippen LogP contribution >= 0.6 is 0 Å². The van der Waals surface area contributed by atoms with E-state index in [-0.39, 0.29) is 4.90 Å². The van der Waals surface area contributed by atoms with Crippen molar-refractivity contribution in [3.8, 4) is 17.6 Å². The number of nitriles is 1. The number of sulfonamides is 1. The summed E-state index contributed by atoms with van der Waals surface area (Å²) in [5.41, 5.74) is 1.15. The van der Waals surface area contributed by atoms with E-state index in [1.54, 1.807) is 48.5 Å². The van der Waals surface area contributed by atoms with Crippen LogP contribution in [-0.4, -0.2) is 28.0 Å². The fraction of sp³-hybridized carbons (Fsp3) is 0.167. The summed E-state index contributed by atoms with van der Waals surface area (Å²) in [5.74, 6) is 0.584. The first-order valence-electron chi connectivity index (χ1n) is 10.1. The van der Waals surface area contributed by atoms with Gasteiger partial charge in [-0.15, -0.1) is 0 Å². The Hall–Kier alpha value is -4.03. The second-order valence-electron chi connectivity index (χ2n) is 6.92. The van der Waals surface area contributed by atoms with Crippen molar-refractivity contribution in [2.24, 2.45) is 0 Å². The molecule has 1 amide bonds. The van der Waals surface area contributed by atoms with Gasteiger partial charge < -0.3 is 14.8 Å². The number of benzene rings is 3. The van der Waals surface area contributed by atoms with E-state index in [1.165, 1.54) is 31.4 Å². The Kier molecular flexibility index (Phi) is 7.89. The van der Waals surface area contributed by atoms with Gasteiger partial charge in [0.25, 0.3) is 15.9 Å². The Morgan fingerprint density at radius 3 is 2.52 bits per heavy atom. The van der Waals surface area contributed by atoms with Gasteiger partial charge in [0, 0.05) is 23.7 Å². The van der Waals surface area contributed by atoms with Gasteiger partial charge in [-0.2, -0.15) is 5.26 Å². The van der Waals surface area contributed by atoms with Gasteiger partial charge >= 0.3 is 0 Å². The number of nitrogens with one attached hydrogen (secondary N) is 2. The minimum absolute atomic E-state index is 0.0118. The Morgan fingerprint density at radius 2 is 1.79 bits per heavy atom. The minimum atomic E-state index is -3.86. The van der Waals surface area contributed by atoms with E-state index in [1.807, 2.05) is 0 Å². The largest absolute Gasteiger partial charge is 0.495 e. The first-order chi connectivity index (χ1) is 15.9. The van der Waals surface area contributed by atoms with Crippen LogP contribution in [0.25, 0.3) is 0 Å². The molecule has 0 aliphatic heterocycles. The number of unbranched alkanes of at least 4 members (excludes halogenated alkanes) is 1. The molecule has 0 fully saturated rings. The lowest BCUT2D eigenvalue weighted by atomic mass is 10.2. The van der Waals surface area contributed by atoms with Crippen LogP contribution in [0, 0.1) is 11.3 Å². The van der Waals surface area contributed by atoms with Crippen molar-refractivity contribution in [3.05, 3.63) is 78.4 Å². The molecule has 0 aliphatic rings. The smallest absolute Gasteiger partial charge is 0.262 e. The van der Waals surface area contributed by atoms with E-state index < -0.39 is 15.9 Å². The average molecular weight is 466 g/mol. The van der Waals surface area contributed by atoms with Crippen LogP contribution in [0.15, 0.2) is 77.7 Å². The lowest BCUT2D eigenvalue weighted by Gasteiger charge is -2.12. The summed E-state index contributed by atoms with van der Waals surface area (Å²) in [4.78, 5) is 12.6. The van der Waals surface area contributed by atoms with Crippen molar-refractivity contribution in [2.45, 2.75) is 17.7 Å². The number of carbonyl (C=O) groups is 1. The summed E-state index contributed by atoms with van der Waals surface area (Å²) in [7, 11) is -2.41.